The Morgan fingerprint density at radius 1 is 1.09 bits per heavy atom. The number of carbonyl (C=O) groups is 1. The van der Waals surface area contributed by atoms with Gasteiger partial charge in [0.05, 0.1) is 11.4 Å². The first-order chi connectivity index (χ1) is 16.1. The molecule has 1 atom stereocenters. The summed E-state index contributed by atoms with van der Waals surface area (Å²) in [5.41, 5.74) is 4.47. The second-order valence-electron chi connectivity index (χ2n) is 9.09. The minimum atomic E-state index is -3.70. The zero-order chi connectivity index (χ0) is 24.5. The molecule has 1 fully saturated rings. The third-order valence-electron chi connectivity index (χ3n) is 6.28. The van der Waals surface area contributed by atoms with E-state index < -0.39 is 15.6 Å². The molecule has 1 aliphatic heterocycles. The Morgan fingerprint density at radius 2 is 1.83 bits per heavy atom. The number of aromatic nitrogens is 1. The van der Waals surface area contributed by atoms with E-state index in [9.17, 15) is 13.2 Å². The Bertz CT molecular complexity index is 1300. The van der Waals surface area contributed by atoms with E-state index in [1.807, 2.05) is 37.3 Å². The van der Waals surface area contributed by atoms with Gasteiger partial charge in [-0.1, -0.05) is 37.8 Å². The summed E-state index contributed by atoms with van der Waals surface area (Å²) in [6.07, 6.45) is 0. The maximum Gasteiger partial charge on any atom is 0.237 e. The zero-order valence-corrected chi connectivity index (χ0v) is 20.9. The monoisotopic (exact) mass is 497 g/mol. The van der Waals surface area contributed by atoms with Crippen molar-refractivity contribution in [2.75, 3.05) is 30.3 Å². The van der Waals surface area contributed by atoms with Gasteiger partial charge in [0.2, 0.25) is 11.8 Å². The van der Waals surface area contributed by atoms with E-state index >= 15 is 0 Å². The number of hydrogen-bond donors (Lipinski definition) is 0. The van der Waals surface area contributed by atoms with Crippen LogP contribution in [0.3, 0.4) is 0 Å². The molecule has 35 heavy (non-hydrogen) atoms. The molecule has 1 saturated heterocycles. The van der Waals surface area contributed by atoms with Gasteiger partial charge in [0.1, 0.15) is 11.5 Å². The zero-order valence-electron chi connectivity index (χ0n) is 20.1. The minimum Gasteiger partial charge on any atom is -0.441 e. The van der Waals surface area contributed by atoms with E-state index in [2.05, 4.69) is 41.9 Å². The van der Waals surface area contributed by atoms with Crippen molar-refractivity contribution in [3.05, 3.63) is 71.1 Å². The fraction of sp³-hybridized carbons (Fsp3) is 0.407. The second-order valence-corrected chi connectivity index (χ2v) is 11.2. The smallest absolute Gasteiger partial charge is 0.237 e. The fourth-order valence-electron chi connectivity index (χ4n) is 4.40. The number of carbonyl (C=O) groups excluding carboxylic acids is 1. The Morgan fingerprint density at radius 3 is 2.51 bits per heavy atom. The summed E-state index contributed by atoms with van der Waals surface area (Å²) in [5.74, 6) is -0.367. The Balaban J connectivity index is 0.00000342. The molecule has 0 saturated carbocycles. The van der Waals surface area contributed by atoms with Crippen molar-refractivity contribution >= 4 is 21.4 Å². The molecule has 0 aliphatic carbocycles. The molecular weight excluding hydrogens is 462 g/mol. The number of aryl methyl sites for hydroxylation is 3. The molecule has 8 heteroatoms. The molecule has 1 unspecified atom stereocenters. The van der Waals surface area contributed by atoms with E-state index in [-0.39, 0.29) is 25.1 Å². The lowest BCUT2D eigenvalue weighted by atomic mass is 10.1. The number of piperazine rings is 1. The number of rotatable bonds is 6. The first-order valence-electron chi connectivity index (χ1n) is 11.5. The van der Waals surface area contributed by atoms with Crippen molar-refractivity contribution in [2.24, 2.45) is 0 Å². The normalized spacial score (nSPS) is 16.2. The van der Waals surface area contributed by atoms with Crippen LogP contribution in [0, 0.1) is 20.8 Å². The third-order valence-corrected chi connectivity index (χ3v) is 7.68. The predicted molar refractivity (Wildman–Crippen MR) is 140 cm³/mol. The largest absolute Gasteiger partial charge is 0.441 e. The number of sulfone groups is 1. The molecule has 7 nitrogen and oxygen atoms in total. The summed E-state index contributed by atoms with van der Waals surface area (Å²) in [5, 5.41) is 0. The highest BCUT2D eigenvalue weighted by molar-refractivity contribution is 7.91. The van der Waals surface area contributed by atoms with Crippen LogP contribution in [0.4, 0.5) is 5.69 Å². The summed E-state index contributed by atoms with van der Waals surface area (Å²) < 4.78 is 31.5. The van der Waals surface area contributed by atoms with Gasteiger partial charge in [-0.15, -0.1) is 0 Å². The number of nitrogens with zero attached hydrogens (tertiary/aromatic N) is 3. The summed E-state index contributed by atoms with van der Waals surface area (Å²) in [6, 6.07) is 16.0. The van der Waals surface area contributed by atoms with Gasteiger partial charge in [0, 0.05) is 36.9 Å². The molecule has 1 amide bonds. The highest BCUT2D eigenvalue weighted by Gasteiger charge is 2.30. The first kappa shape index (κ1) is 26.5. The number of benzene rings is 2. The molecule has 1 aromatic heterocycles. The molecule has 0 radical (unpaired) electrons. The van der Waals surface area contributed by atoms with Crippen LogP contribution in [0.5, 0.6) is 0 Å². The van der Waals surface area contributed by atoms with Gasteiger partial charge in [-0.05, 0) is 57.0 Å². The summed E-state index contributed by atoms with van der Waals surface area (Å²) in [6.45, 7) is 9.41. The topological polar surface area (TPSA) is 83.7 Å². The maximum atomic E-state index is 12.9. The van der Waals surface area contributed by atoms with Crippen LogP contribution in [0.15, 0.2) is 52.9 Å². The predicted octanol–water partition coefficient (Wildman–Crippen LogP) is 4.56. The standard InChI is InChI=1S/C26H31N3O4S.CH4/c1-18-8-7-10-22(14-18)29-13-12-28(15-20(29)3)25(30)17-34(31,32)16-24-21(4)33-26(27-24)23-11-6-5-9-19(23)2;/h5-11,14,20H,12-13,15-17H2,1-4H3;1H4. The molecule has 2 heterocycles. The van der Waals surface area contributed by atoms with Gasteiger partial charge in [0.15, 0.2) is 9.84 Å². The van der Waals surface area contributed by atoms with Crippen molar-refractivity contribution in [1.82, 2.24) is 9.88 Å². The Kier molecular flexibility index (Phi) is 8.05. The molecule has 4 rings (SSSR count). The van der Waals surface area contributed by atoms with E-state index in [0.717, 1.165) is 16.8 Å². The lowest BCUT2D eigenvalue weighted by Gasteiger charge is -2.41. The molecule has 0 spiro atoms. The van der Waals surface area contributed by atoms with E-state index in [4.69, 9.17) is 4.42 Å². The molecule has 188 valence electrons. The van der Waals surface area contributed by atoms with Gasteiger partial charge in [-0.3, -0.25) is 4.79 Å². The maximum absolute atomic E-state index is 12.9. The SMILES string of the molecule is C.Cc1cccc(N2CCN(C(=O)CS(=O)(=O)Cc3nc(-c4ccccc4C)oc3C)CC2C)c1. The van der Waals surface area contributed by atoms with Crippen LogP contribution < -0.4 is 4.90 Å². The van der Waals surface area contributed by atoms with Crippen LogP contribution >= 0.6 is 0 Å². The second kappa shape index (κ2) is 10.6. The number of anilines is 1. The molecule has 0 N–H and O–H groups in total. The van der Waals surface area contributed by atoms with Crippen molar-refractivity contribution in [1.29, 1.82) is 0 Å². The summed E-state index contributed by atoms with van der Waals surface area (Å²) in [7, 11) is -3.70. The lowest BCUT2D eigenvalue weighted by molar-refractivity contribution is -0.129. The van der Waals surface area contributed by atoms with Gasteiger partial charge >= 0.3 is 0 Å². The van der Waals surface area contributed by atoms with E-state index in [1.54, 1.807) is 11.8 Å². The van der Waals surface area contributed by atoms with Gasteiger partial charge in [0.25, 0.3) is 0 Å². The van der Waals surface area contributed by atoms with Crippen molar-refractivity contribution in [3.8, 4) is 11.5 Å². The van der Waals surface area contributed by atoms with Crippen LogP contribution in [-0.4, -0.2) is 55.6 Å². The summed E-state index contributed by atoms with van der Waals surface area (Å²) >= 11 is 0. The van der Waals surface area contributed by atoms with Crippen molar-refractivity contribution < 1.29 is 17.6 Å². The van der Waals surface area contributed by atoms with Crippen molar-refractivity contribution in [2.45, 2.75) is 46.9 Å². The third kappa shape index (κ3) is 6.11. The summed E-state index contributed by atoms with van der Waals surface area (Å²) in [4.78, 5) is 21.2. The lowest BCUT2D eigenvalue weighted by Crippen LogP contribution is -2.54. The number of amides is 1. The number of hydrogen-bond acceptors (Lipinski definition) is 6. The van der Waals surface area contributed by atoms with E-state index in [1.165, 1.54) is 5.56 Å². The van der Waals surface area contributed by atoms with Crippen LogP contribution in [0.25, 0.3) is 11.5 Å². The van der Waals surface area contributed by atoms with Gasteiger partial charge < -0.3 is 14.2 Å². The Labute approximate surface area is 208 Å². The van der Waals surface area contributed by atoms with Crippen LogP contribution in [-0.2, 0) is 20.4 Å². The molecule has 1 aliphatic rings. The molecule has 0 bridgehead atoms. The molecule has 3 aromatic rings. The number of oxazole rings is 1. The average molecular weight is 498 g/mol. The average Bonchev–Trinajstić information content (AvgIpc) is 3.12. The van der Waals surface area contributed by atoms with Gasteiger partial charge in [-0.2, -0.15) is 0 Å². The Hall–Kier alpha value is -3.13. The van der Waals surface area contributed by atoms with Crippen LogP contribution in [0.1, 0.15) is 36.9 Å². The fourth-order valence-corrected chi connectivity index (χ4v) is 5.75. The van der Waals surface area contributed by atoms with Crippen LogP contribution in [0.2, 0.25) is 0 Å². The molecular formula is C27H35N3O4S. The minimum absolute atomic E-state index is 0. The van der Waals surface area contributed by atoms with Gasteiger partial charge in [-0.25, -0.2) is 13.4 Å². The van der Waals surface area contributed by atoms with Crippen molar-refractivity contribution in [3.63, 3.8) is 0 Å². The highest BCUT2D eigenvalue weighted by Crippen LogP contribution is 2.26. The highest BCUT2D eigenvalue weighted by atomic mass is 32.2. The quantitative estimate of drug-likeness (QED) is 0.497. The first-order valence-corrected chi connectivity index (χ1v) is 13.3. The molecule has 2 aromatic carbocycles. The van der Waals surface area contributed by atoms with E-state index in [0.29, 0.717) is 37.0 Å².